The van der Waals surface area contributed by atoms with Crippen LogP contribution < -0.4 is 9.47 Å². The van der Waals surface area contributed by atoms with E-state index >= 15 is 0 Å². The first-order valence-corrected chi connectivity index (χ1v) is 8.54. The van der Waals surface area contributed by atoms with Crippen LogP contribution in [0.1, 0.15) is 37.8 Å². The zero-order valence-electron chi connectivity index (χ0n) is 15.1. The number of rotatable bonds is 8. The van der Waals surface area contributed by atoms with Gasteiger partial charge in [-0.05, 0) is 37.7 Å². The lowest BCUT2D eigenvalue weighted by Crippen LogP contribution is -2.19. The van der Waals surface area contributed by atoms with Gasteiger partial charge in [0.25, 0.3) is 0 Å². The molecule has 24 heavy (non-hydrogen) atoms. The molecule has 1 atom stereocenters. The summed E-state index contributed by atoms with van der Waals surface area (Å²) in [6, 6.07) is 4.09. The topological polar surface area (TPSA) is 54.3 Å². The average molecular weight is 332 g/mol. The molecule has 1 unspecified atom stereocenters. The Kier molecular flexibility index (Phi) is 6.67. The highest BCUT2D eigenvalue weighted by Gasteiger charge is 2.29. The van der Waals surface area contributed by atoms with Crippen molar-refractivity contribution < 1.29 is 14.7 Å². The molecule has 5 nitrogen and oxygen atoms in total. The average Bonchev–Trinajstić information content (AvgIpc) is 3.02. The third-order valence-electron chi connectivity index (χ3n) is 4.35. The van der Waals surface area contributed by atoms with E-state index in [1.165, 1.54) is 11.1 Å². The lowest BCUT2D eigenvalue weighted by Gasteiger charge is -2.17. The van der Waals surface area contributed by atoms with E-state index in [0.29, 0.717) is 12.1 Å². The highest BCUT2D eigenvalue weighted by Crippen LogP contribution is 2.41. The normalized spacial score (nSPS) is 17.4. The fourth-order valence-corrected chi connectivity index (χ4v) is 2.89. The number of allylic oxidation sites excluding steroid dienone is 2. The number of hydrogen-bond acceptors (Lipinski definition) is 5. The standard InChI is InChI=1S/C19H28N2O3/c1-5-7-8-15(20-22)11-16-12-17-14(13-21(3)6-2)9-10-18(23-4)19(17)24-16/h7-10,16,22H,5-6,11-13H2,1-4H3/b8-7-,20-15+. The van der Waals surface area contributed by atoms with E-state index < -0.39 is 0 Å². The maximum absolute atomic E-state index is 9.19. The van der Waals surface area contributed by atoms with Gasteiger partial charge in [-0.3, -0.25) is 0 Å². The van der Waals surface area contributed by atoms with E-state index in [0.717, 1.165) is 37.4 Å². The minimum atomic E-state index is -0.0330. The van der Waals surface area contributed by atoms with Crippen LogP contribution in [0.2, 0.25) is 0 Å². The highest BCUT2D eigenvalue weighted by atomic mass is 16.5. The number of hydrogen-bond donors (Lipinski definition) is 1. The van der Waals surface area contributed by atoms with Crippen LogP contribution in [0.15, 0.2) is 29.4 Å². The summed E-state index contributed by atoms with van der Waals surface area (Å²) in [6.45, 7) is 6.08. The molecule has 132 valence electrons. The second-order valence-electron chi connectivity index (χ2n) is 6.12. The van der Waals surface area contributed by atoms with Crippen molar-refractivity contribution in [3.8, 4) is 11.5 Å². The monoisotopic (exact) mass is 332 g/mol. The van der Waals surface area contributed by atoms with Gasteiger partial charge in [0.05, 0.1) is 12.8 Å². The molecule has 5 heteroatoms. The van der Waals surface area contributed by atoms with Crippen molar-refractivity contribution in [3.63, 3.8) is 0 Å². The van der Waals surface area contributed by atoms with Gasteiger partial charge < -0.3 is 19.6 Å². The maximum atomic E-state index is 9.19. The lowest BCUT2D eigenvalue weighted by molar-refractivity contribution is 0.229. The van der Waals surface area contributed by atoms with Crippen molar-refractivity contribution >= 4 is 5.71 Å². The molecule has 0 saturated heterocycles. The minimum absolute atomic E-state index is 0.0330. The van der Waals surface area contributed by atoms with E-state index in [4.69, 9.17) is 9.47 Å². The molecule has 0 saturated carbocycles. The van der Waals surface area contributed by atoms with Crippen molar-refractivity contribution in [2.45, 2.75) is 45.8 Å². The largest absolute Gasteiger partial charge is 0.493 e. The van der Waals surface area contributed by atoms with Crippen LogP contribution >= 0.6 is 0 Å². The summed E-state index contributed by atoms with van der Waals surface area (Å²) >= 11 is 0. The van der Waals surface area contributed by atoms with E-state index in [1.54, 1.807) is 7.11 Å². The van der Waals surface area contributed by atoms with Gasteiger partial charge >= 0.3 is 0 Å². The Morgan fingerprint density at radius 1 is 1.46 bits per heavy atom. The number of methoxy groups -OCH3 is 1. The summed E-state index contributed by atoms with van der Waals surface area (Å²) in [7, 11) is 3.77. The molecule has 1 aliphatic rings. The summed E-state index contributed by atoms with van der Waals surface area (Å²) in [6.07, 6.45) is 6.10. The predicted molar refractivity (Wildman–Crippen MR) is 96.4 cm³/mol. The first-order chi connectivity index (χ1) is 11.6. The molecule has 0 spiro atoms. The molecular formula is C19H28N2O3. The van der Waals surface area contributed by atoms with Gasteiger partial charge in [-0.2, -0.15) is 0 Å². The lowest BCUT2D eigenvalue weighted by atomic mass is 9.99. The highest BCUT2D eigenvalue weighted by molar-refractivity contribution is 5.94. The third kappa shape index (κ3) is 4.29. The van der Waals surface area contributed by atoms with Gasteiger partial charge in [-0.15, -0.1) is 0 Å². The van der Waals surface area contributed by atoms with Crippen LogP contribution in [0.4, 0.5) is 0 Å². The molecule has 0 radical (unpaired) electrons. The molecule has 1 aromatic carbocycles. The molecule has 1 aromatic rings. The number of benzene rings is 1. The number of oxime groups is 1. The van der Waals surface area contributed by atoms with Crippen LogP contribution in [-0.2, 0) is 13.0 Å². The van der Waals surface area contributed by atoms with Crippen molar-refractivity contribution in [1.82, 2.24) is 4.90 Å². The van der Waals surface area contributed by atoms with E-state index in [1.807, 2.05) is 18.2 Å². The Morgan fingerprint density at radius 2 is 2.25 bits per heavy atom. The smallest absolute Gasteiger partial charge is 0.165 e. The van der Waals surface area contributed by atoms with Crippen molar-refractivity contribution in [2.24, 2.45) is 5.16 Å². The van der Waals surface area contributed by atoms with Crippen LogP contribution in [0.3, 0.4) is 0 Å². The van der Waals surface area contributed by atoms with Crippen molar-refractivity contribution in [2.75, 3.05) is 20.7 Å². The first kappa shape index (κ1) is 18.3. The van der Waals surface area contributed by atoms with Gasteiger partial charge in [0, 0.05) is 24.9 Å². The summed E-state index contributed by atoms with van der Waals surface area (Å²) < 4.78 is 11.6. The fourth-order valence-electron chi connectivity index (χ4n) is 2.89. The molecule has 0 amide bonds. The van der Waals surface area contributed by atoms with Crippen LogP contribution in [0, 0.1) is 0 Å². The predicted octanol–water partition coefficient (Wildman–Crippen LogP) is 3.64. The maximum Gasteiger partial charge on any atom is 0.165 e. The Balaban J connectivity index is 2.19. The number of ether oxygens (including phenoxy) is 2. The molecule has 0 aromatic heterocycles. The fraction of sp³-hybridized carbons (Fsp3) is 0.526. The van der Waals surface area contributed by atoms with Crippen molar-refractivity contribution in [3.05, 3.63) is 35.4 Å². The van der Waals surface area contributed by atoms with Crippen LogP contribution in [-0.4, -0.2) is 42.6 Å². The van der Waals surface area contributed by atoms with Gasteiger partial charge in [0.1, 0.15) is 6.10 Å². The number of fused-ring (bicyclic) bond motifs is 1. The summed E-state index contributed by atoms with van der Waals surface area (Å²) in [5.74, 6) is 1.60. The Hall–Kier alpha value is -2.01. The van der Waals surface area contributed by atoms with Crippen LogP contribution in [0.5, 0.6) is 11.5 Å². The molecule has 0 aliphatic carbocycles. The zero-order valence-corrected chi connectivity index (χ0v) is 15.1. The van der Waals surface area contributed by atoms with Crippen LogP contribution in [0.25, 0.3) is 0 Å². The summed E-state index contributed by atoms with van der Waals surface area (Å²) in [4.78, 5) is 2.26. The zero-order chi connectivity index (χ0) is 17.5. The minimum Gasteiger partial charge on any atom is -0.493 e. The van der Waals surface area contributed by atoms with Crippen molar-refractivity contribution in [1.29, 1.82) is 0 Å². The molecule has 1 heterocycles. The second kappa shape index (κ2) is 8.73. The third-order valence-corrected chi connectivity index (χ3v) is 4.35. The molecule has 1 aliphatic heterocycles. The quantitative estimate of drug-likeness (QED) is 0.449. The van der Waals surface area contributed by atoms with Gasteiger partial charge in [-0.25, -0.2) is 0 Å². The molecule has 0 bridgehead atoms. The second-order valence-corrected chi connectivity index (χ2v) is 6.12. The Morgan fingerprint density at radius 3 is 2.88 bits per heavy atom. The molecular weight excluding hydrogens is 304 g/mol. The SMILES string of the molecule is CC/C=C\C(CC1Cc2c(CN(C)CC)ccc(OC)c2O1)=N/O. The summed E-state index contributed by atoms with van der Waals surface area (Å²) in [5.41, 5.74) is 3.11. The summed E-state index contributed by atoms with van der Waals surface area (Å²) in [5, 5.41) is 12.6. The van der Waals surface area contributed by atoms with Gasteiger partial charge in [0.2, 0.25) is 0 Å². The first-order valence-electron chi connectivity index (χ1n) is 8.54. The molecule has 0 fully saturated rings. The van der Waals surface area contributed by atoms with E-state index in [-0.39, 0.29) is 6.10 Å². The Bertz CT molecular complexity index is 611. The Labute approximate surface area is 144 Å². The van der Waals surface area contributed by atoms with Gasteiger partial charge in [0.15, 0.2) is 11.5 Å². The number of nitrogens with zero attached hydrogens (tertiary/aromatic N) is 2. The van der Waals surface area contributed by atoms with E-state index in [2.05, 4.69) is 37.0 Å². The van der Waals surface area contributed by atoms with Gasteiger partial charge in [-0.1, -0.05) is 31.1 Å². The molecule has 2 rings (SSSR count). The molecule has 1 N–H and O–H groups in total. The van der Waals surface area contributed by atoms with E-state index in [9.17, 15) is 5.21 Å².